The highest BCUT2D eigenvalue weighted by atomic mass is 32.2. The molecule has 0 amide bonds. The molecule has 1 unspecified atom stereocenters. The maximum atomic E-state index is 14.3. The van der Waals surface area contributed by atoms with E-state index in [-0.39, 0.29) is 29.4 Å². The average Bonchev–Trinajstić information content (AvgIpc) is 2.97. The fourth-order valence-corrected chi connectivity index (χ4v) is 3.87. The van der Waals surface area contributed by atoms with E-state index in [2.05, 4.69) is 0 Å². The number of carbonyl (C=O) groups is 1. The van der Waals surface area contributed by atoms with Crippen molar-refractivity contribution >= 4 is 17.5 Å². The van der Waals surface area contributed by atoms with Crippen molar-refractivity contribution in [3.05, 3.63) is 41.2 Å². The topological polar surface area (TPSA) is 44.8 Å². The lowest BCUT2D eigenvalue weighted by atomic mass is 9.76. The van der Waals surface area contributed by atoms with Crippen molar-refractivity contribution in [3.8, 4) is 5.75 Å². The number of methoxy groups -OCH3 is 1. The molecule has 0 saturated carbocycles. The van der Waals surface area contributed by atoms with Crippen LogP contribution >= 0.6 is 11.8 Å². The zero-order valence-corrected chi connectivity index (χ0v) is 15.1. The predicted molar refractivity (Wildman–Crippen MR) is 90.3 cm³/mol. The quantitative estimate of drug-likeness (QED) is 0.788. The number of ketones is 1. The Bertz CT molecular complexity index is 721. The minimum Gasteiger partial charge on any atom is -0.494 e. The number of halogens is 2. The van der Waals surface area contributed by atoms with E-state index in [0.717, 1.165) is 12.1 Å². The van der Waals surface area contributed by atoms with Gasteiger partial charge < -0.3 is 14.2 Å². The monoisotopic (exact) mass is 370 g/mol. The highest BCUT2D eigenvalue weighted by Gasteiger charge is 2.52. The molecule has 0 spiro atoms. The summed E-state index contributed by atoms with van der Waals surface area (Å²) >= 11 is 1.39. The van der Waals surface area contributed by atoms with Gasteiger partial charge in [0.05, 0.1) is 7.11 Å². The van der Waals surface area contributed by atoms with Crippen LogP contribution in [0.3, 0.4) is 0 Å². The third-order valence-corrected chi connectivity index (χ3v) is 5.39. The van der Waals surface area contributed by atoms with Gasteiger partial charge in [0.25, 0.3) is 0 Å². The van der Waals surface area contributed by atoms with E-state index in [1.807, 2.05) is 13.2 Å². The summed E-state index contributed by atoms with van der Waals surface area (Å²) in [6.07, 6.45) is 4.39. The second kappa shape index (κ2) is 6.96. The smallest absolute Gasteiger partial charge is 0.250 e. The molecule has 0 bridgehead atoms. The number of hydrogen-bond acceptors (Lipinski definition) is 5. The summed E-state index contributed by atoms with van der Waals surface area (Å²) in [5.41, 5.74) is -1.05. The van der Waals surface area contributed by atoms with Gasteiger partial charge in [-0.3, -0.25) is 4.79 Å². The van der Waals surface area contributed by atoms with Gasteiger partial charge in [-0.1, -0.05) is 18.7 Å². The van der Waals surface area contributed by atoms with Crippen LogP contribution in [0.25, 0.3) is 0 Å². The van der Waals surface area contributed by atoms with Crippen molar-refractivity contribution in [2.24, 2.45) is 5.92 Å². The number of thioether (sulfide) groups is 1. The number of rotatable bonds is 5. The molecule has 3 atom stereocenters. The summed E-state index contributed by atoms with van der Waals surface area (Å²) in [4.78, 5) is 11.8. The third-order valence-electron chi connectivity index (χ3n) is 4.82. The van der Waals surface area contributed by atoms with Crippen LogP contribution in [-0.4, -0.2) is 30.4 Å². The summed E-state index contributed by atoms with van der Waals surface area (Å²) in [5.74, 6) is -0.983. The first-order valence-electron chi connectivity index (χ1n) is 8.04. The van der Waals surface area contributed by atoms with Crippen LogP contribution in [0.15, 0.2) is 24.0 Å². The molecule has 1 heterocycles. The van der Waals surface area contributed by atoms with Gasteiger partial charge >= 0.3 is 0 Å². The van der Waals surface area contributed by atoms with Crippen molar-refractivity contribution in [3.63, 3.8) is 0 Å². The van der Waals surface area contributed by atoms with E-state index in [0.29, 0.717) is 18.6 Å². The lowest BCUT2D eigenvalue weighted by molar-refractivity contribution is -0.118. The van der Waals surface area contributed by atoms with Crippen molar-refractivity contribution in [1.29, 1.82) is 0 Å². The highest BCUT2D eigenvalue weighted by Crippen LogP contribution is 2.48. The summed E-state index contributed by atoms with van der Waals surface area (Å²) in [6.45, 7) is 1.90. The largest absolute Gasteiger partial charge is 0.494 e. The predicted octanol–water partition coefficient (Wildman–Crippen LogP) is 3.83. The Labute approximate surface area is 149 Å². The van der Waals surface area contributed by atoms with Gasteiger partial charge in [-0.05, 0) is 36.6 Å². The molecule has 25 heavy (non-hydrogen) atoms. The van der Waals surface area contributed by atoms with Gasteiger partial charge in [0.2, 0.25) is 5.62 Å². The Morgan fingerprint density at radius 3 is 2.84 bits per heavy atom. The summed E-state index contributed by atoms with van der Waals surface area (Å²) in [5, 5.41) is 0. The standard InChI is InChI=1S/C18H20F2O4S/c1-10(6-11-7-14(20)15(22-2)9-13(11)19)18-5-4-12(21)8-16(18)23-17(24-18)25-3/h7-10,17H,4-6H2,1-3H3/t10-,17?,18+/m0/s1. The Morgan fingerprint density at radius 1 is 1.40 bits per heavy atom. The second-order valence-corrected chi connectivity index (χ2v) is 7.16. The number of carbonyl (C=O) groups excluding carboxylic acids is 1. The van der Waals surface area contributed by atoms with Gasteiger partial charge in [-0.15, -0.1) is 0 Å². The second-order valence-electron chi connectivity index (χ2n) is 6.31. The third kappa shape index (κ3) is 3.27. The molecule has 1 fully saturated rings. The molecule has 0 radical (unpaired) electrons. The SMILES string of the molecule is COc1cc(F)c(C[C@H](C)[C@]23CCC(=O)C=C2OC(SC)O3)cc1F. The zero-order valence-electron chi connectivity index (χ0n) is 14.3. The molecule has 1 aliphatic carbocycles. The zero-order chi connectivity index (χ0) is 18.2. The van der Waals surface area contributed by atoms with Gasteiger partial charge in [-0.2, -0.15) is 0 Å². The van der Waals surface area contributed by atoms with Gasteiger partial charge in [-0.25, -0.2) is 8.78 Å². The van der Waals surface area contributed by atoms with E-state index < -0.39 is 22.9 Å². The first kappa shape index (κ1) is 18.2. The maximum Gasteiger partial charge on any atom is 0.250 e. The first-order valence-corrected chi connectivity index (χ1v) is 9.32. The minimum atomic E-state index is -0.787. The summed E-state index contributed by atoms with van der Waals surface area (Å²) in [7, 11) is 1.29. The van der Waals surface area contributed by atoms with E-state index in [4.69, 9.17) is 14.2 Å². The lowest BCUT2D eigenvalue weighted by Crippen LogP contribution is -2.42. The maximum absolute atomic E-state index is 14.3. The molecule has 1 aromatic rings. The number of fused-ring (bicyclic) bond motifs is 1. The first-order chi connectivity index (χ1) is 11.9. The van der Waals surface area contributed by atoms with Crippen LogP contribution in [0.1, 0.15) is 25.3 Å². The molecule has 1 aromatic carbocycles. The number of benzene rings is 1. The Kier molecular flexibility index (Phi) is 5.06. The van der Waals surface area contributed by atoms with Crippen LogP contribution in [0.5, 0.6) is 5.75 Å². The van der Waals surface area contributed by atoms with E-state index in [1.54, 1.807) is 0 Å². The van der Waals surface area contributed by atoms with Crippen LogP contribution in [-0.2, 0) is 20.7 Å². The van der Waals surface area contributed by atoms with Crippen molar-refractivity contribution < 1.29 is 27.8 Å². The van der Waals surface area contributed by atoms with Gasteiger partial charge in [0.1, 0.15) is 17.2 Å². The van der Waals surface area contributed by atoms with Crippen LogP contribution < -0.4 is 4.74 Å². The molecule has 7 heteroatoms. The molecule has 1 saturated heterocycles. The van der Waals surface area contributed by atoms with Crippen molar-refractivity contribution in [1.82, 2.24) is 0 Å². The fraction of sp³-hybridized carbons (Fsp3) is 0.500. The molecule has 3 rings (SSSR count). The molecular weight excluding hydrogens is 350 g/mol. The van der Waals surface area contributed by atoms with Crippen molar-refractivity contribution in [2.45, 2.75) is 37.4 Å². The summed E-state index contributed by atoms with van der Waals surface area (Å²) in [6, 6.07) is 2.20. The molecular formula is C18H20F2O4S. The molecule has 0 aromatic heterocycles. The Morgan fingerprint density at radius 2 is 2.16 bits per heavy atom. The molecule has 2 aliphatic rings. The lowest BCUT2D eigenvalue weighted by Gasteiger charge is -2.35. The highest BCUT2D eigenvalue weighted by molar-refractivity contribution is 7.98. The number of hydrogen-bond donors (Lipinski definition) is 0. The van der Waals surface area contributed by atoms with Crippen LogP contribution in [0.2, 0.25) is 0 Å². The van der Waals surface area contributed by atoms with E-state index >= 15 is 0 Å². The fourth-order valence-electron chi connectivity index (χ4n) is 3.40. The molecule has 136 valence electrons. The molecule has 4 nitrogen and oxygen atoms in total. The van der Waals surface area contributed by atoms with Gasteiger partial charge in [0.15, 0.2) is 17.3 Å². The van der Waals surface area contributed by atoms with Crippen molar-refractivity contribution in [2.75, 3.05) is 13.4 Å². The average molecular weight is 370 g/mol. The van der Waals surface area contributed by atoms with E-state index in [1.165, 1.54) is 24.9 Å². The Hall–Kier alpha value is -1.60. The molecule has 0 N–H and O–H groups in total. The minimum absolute atomic E-state index is 0.00940. The van der Waals surface area contributed by atoms with E-state index in [9.17, 15) is 13.6 Å². The molecule has 1 aliphatic heterocycles. The summed E-state index contributed by atoms with van der Waals surface area (Å²) < 4.78 is 44.9. The number of allylic oxidation sites excluding steroid dienone is 1. The normalized spacial score (nSPS) is 26.7. The van der Waals surface area contributed by atoms with Crippen LogP contribution in [0.4, 0.5) is 8.78 Å². The number of ether oxygens (including phenoxy) is 3. The van der Waals surface area contributed by atoms with Crippen LogP contribution in [0, 0.1) is 17.6 Å². The van der Waals surface area contributed by atoms with Gasteiger partial charge in [0, 0.05) is 18.6 Å². The Balaban J connectivity index is 1.89.